The minimum absolute atomic E-state index is 0.194. The van der Waals surface area contributed by atoms with Crippen LogP contribution in [0.3, 0.4) is 0 Å². The van der Waals surface area contributed by atoms with Crippen molar-refractivity contribution in [2.75, 3.05) is 5.32 Å². The first kappa shape index (κ1) is 14.9. The van der Waals surface area contributed by atoms with E-state index in [0.29, 0.717) is 21.4 Å². The number of fused-ring (bicyclic) bond motifs is 1. The molecule has 0 aliphatic carbocycles. The van der Waals surface area contributed by atoms with Crippen molar-refractivity contribution in [1.82, 2.24) is 10.1 Å². The molecule has 1 amide bonds. The molecule has 118 valence electrons. The largest absolute Gasteiger partial charge is 0.355 e. The second-order valence-electron chi connectivity index (χ2n) is 5.00. The Morgan fingerprint density at radius 1 is 1.12 bits per heavy atom. The first-order chi connectivity index (χ1) is 11.7. The topological polar surface area (TPSA) is 68.0 Å². The summed E-state index contributed by atoms with van der Waals surface area (Å²) < 4.78 is 6.14. The van der Waals surface area contributed by atoms with E-state index in [4.69, 9.17) is 16.1 Å². The summed E-state index contributed by atoms with van der Waals surface area (Å²) in [5.74, 6) is 0.157. The van der Waals surface area contributed by atoms with Crippen LogP contribution < -0.4 is 5.32 Å². The molecule has 0 aliphatic heterocycles. The van der Waals surface area contributed by atoms with E-state index in [0.717, 1.165) is 10.3 Å². The number of hydrogen-bond donors (Lipinski definition) is 1. The Morgan fingerprint density at radius 3 is 2.75 bits per heavy atom. The SMILES string of the molecule is O=C(Nc1nc2c(Cl)cccc2s1)c1cc(-c2ccccc2)on1. The highest BCUT2D eigenvalue weighted by atomic mass is 35.5. The molecule has 0 bridgehead atoms. The zero-order valence-electron chi connectivity index (χ0n) is 12.2. The van der Waals surface area contributed by atoms with Gasteiger partial charge in [0, 0.05) is 11.6 Å². The van der Waals surface area contributed by atoms with Gasteiger partial charge in [-0.15, -0.1) is 0 Å². The quantitative estimate of drug-likeness (QED) is 0.570. The fourth-order valence-corrected chi connectivity index (χ4v) is 3.41. The normalized spacial score (nSPS) is 10.9. The second kappa shape index (κ2) is 6.07. The van der Waals surface area contributed by atoms with Gasteiger partial charge < -0.3 is 4.52 Å². The minimum atomic E-state index is -0.379. The number of anilines is 1. The zero-order valence-corrected chi connectivity index (χ0v) is 13.8. The van der Waals surface area contributed by atoms with Crippen molar-refractivity contribution in [3.8, 4) is 11.3 Å². The number of aromatic nitrogens is 2. The van der Waals surface area contributed by atoms with Crippen LogP contribution in [0.25, 0.3) is 21.5 Å². The molecule has 0 radical (unpaired) electrons. The summed E-state index contributed by atoms with van der Waals surface area (Å²) in [6.45, 7) is 0. The Hall–Kier alpha value is -2.70. The highest BCUT2D eigenvalue weighted by Crippen LogP contribution is 2.31. The average molecular weight is 356 g/mol. The van der Waals surface area contributed by atoms with Crippen LogP contribution in [0.1, 0.15) is 10.5 Å². The van der Waals surface area contributed by atoms with Gasteiger partial charge in [0.2, 0.25) is 0 Å². The summed E-state index contributed by atoms with van der Waals surface area (Å²) in [6.07, 6.45) is 0. The number of para-hydroxylation sites is 1. The van der Waals surface area contributed by atoms with Gasteiger partial charge in [-0.25, -0.2) is 4.98 Å². The molecule has 1 N–H and O–H groups in total. The van der Waals surface area contributed by atoms with E-state index in [1.54, 1.807) is 12.1 Å². The molecular weight excluding hydrogens is 346 g/mol. The lowest BCUT2D eigenvalue weighted by molar-refractivity contribution is 0.101. The van der Waals surface area contributed by atoms with Gasteiger partial charge in [0.15, 0.2) is 16.6 Å². The van der Waals surface area contributed by atoms with Crippen molar-refractivity contribution in [2.45, 2.75) is 0 Å². The molecule has 5 nitrogen and oxygen atoms in total. The Labute approximate surface area is 145 Å². The predicted molar refractivity (Wildman–Crippen MR) is 94.5 cm³/mol. The molecular formula is C17H10ClN3O2S. The molecule has 0 spiro atoms. The molecule has 24 heavy (non-hydrogen) atoms. The number of thiazole rings is 1. The summed E-state index contributed by atoms with van der Waals surface area (Å²) in [4.78, 5) is 16.7. The van der Waals surface area contributed by atoms with Gasteiger partial charge in [0.1, 0.15) is 5.52 Å². The third kappa shape index (κ3) is 2.77. The van der Waals surface area contributed by atoms with E-state index in [1.807, 2.05) is 42.5 Å². The zero-order chi connectivity index (χ0) is 16.5. The van der Waals surface area contributed by atoms with Crippen molar-refractivity contribution in [3.63, 3.8) is 0 Å². The van der Waals surface area contributed by atoms with Crippen LogP contribution in [-0.4, -0.2) is 16.0 Å². The van der Waals surface area contributed by atoms with Crippen LogP contribution in [0.2, 0.25) is 5.02 Å². The Morgan fingerprint density at radius 2 is 1.96 bits per heavy atom. The lowest BCUT2D eigenvalue weighted by Crippen LogP contribution is -2.11. The average Bonchev–Trinajstić information content (AvgIpc) is 3.23. The maximum atomic E-state index is 12.3. The third-order valence-corrected chi connectivity index (χ3v) is 4.63. The van der Waals surface area contributed by atoms with Crippen LogP contribution in [0.15, 0.2) is 59.1 Å². The number of nitrogens with one attached hydrogen (secondary N) is 1. The number of benzene rings is 2. The maximum absolute atomic E-state index is 12.3. The third-order valence-electron chi connectivity index (χ3n) is 3.39. The summed E-state index contributed by atoms with van der Waals surface area (Å²) in [7, 11) is 0. The summed E-state index contributed by atoms with van der Waals surface area (Å²) in [5, 5.41) is 7.57. The first-order valence-electron chi connectivity index (χ1n) is 7.09. The summed E-state index contributed by atoms with van der Waals surface area (Å²) in [6, 6.07) is 16.6. The molecule has 4 aromatic rings. The van der Waals surface area contributed by atoms with Crippen LogP contribution in [-0.2, 0) is 0 Å². The van der Waals surface area contributed by atoms with Crippen molar-refractivity contribution in [3.05, 3.63) is 65.3 Å². The van der Waals surface area contributed by atoms with Crippen LogP contribution in [0.5, 0.6) is 0 Å². The molecule has 4 rings (SSSR count). The van der Waals surface area contributed by atoms with Gasteiger partial charge >= 0.3 is 0 Å². The highest BCUT2D eigenvalue weighted by Gasteiger charge is 2.16. The molecule has 0 saturated heterocycles. The second-order valence-corrected chi connectivity index (χ2v) is 6.44. The highest BCUT2D eigenvalue weighted by molar-refractivity contribution is 7.22. The smallest absolute Gasteiger partial charge is 0.279 e. The molecule has 0 unspecified atom stereocenters. The first-order valence-corrected chi connectivity index (χ1v) is 8.29. The lowest BCUT2D eigenvalue weighted by atomic mass is 10.1. The molecule has 2 aromatic heterocycles. The number of halogens is 1. The van der Waals surface area contributed by atoms with Gasteiger partial charge in [-0.2, -0.15) is 0 Å². The molecule has 2 aromatic carbocycles. The fraction of sp³-hybridized carbons (Fsp3) is 0. The number of rotatable bonds is 3. The summed E-state index contributed by atoms with van der Waals surface area (Å²) >= 11 is 7.45. The molecule has 7 heteroatoms. The van der Waals surface area contributed by atoms with Gasteiger partial charge in [-0.1, -0.05) is 64.5 Å². The van der Waals surface area contributed by atoms with Crippen molar-refractivity contribution in [1.29, 1.82) is 0 Å². The molecule has 0 aliphatic rings. The van der Waals surface area contributed by atoms with Gasteiger partial charge in [0.05, 0.1) is 9.72 Å². The fourth-order valence-electron chi connectivity index (χ4n) is 2.25. The standard InChI is InChI=1S/C17H10ClN3O2S/c18-11-7-4-8-14-15(11)19-17(24-14)20-16(22)12-9-13(23-21-12)10-5-2-1-3-6-10/h1-9H,(H,19,20,22). The number of amides is 1. The predicted octanol–water partition coefficient (Wildman–Crippen LogP) is 4.86. The van der Waals surface area contributed by atoms with Crippen LogP contribution in [0.4, 0.5) is 5.13 Å². The van der Waals surface area contributed by atoms with Crippen molar-refractivity contribution in [2.24, 2.45) is 0 Å². The Bertz CT molecular complexity index is 1030. The molecule has 0 fully saturated rings. The van der Waals surface area contributed by atoms with E-state index < -0.39 is 0 Å². The van der Waals surface area contributed by atoms with E-state index in [-0.39, 0.29) is 11.6 Å². The molecule has 2 heterocycles. The number of carbonyl (C=O) groups excluding carboxylic acids is 1. The molecule has 0 atom stereocenters. The van der Waals surface area contributed by atoms with Crippen LogP contribution in [0, 0.1) is 0 Å². The van der Waals surface area contributed by atoms with Crippen molar-refractivity contribution < 1.29 is 9.32 Å². The lowest BCUT2D eigenvalue weighted by Gasteiger charge is -1.95. The maximum Gasteiger partial charge on any atom is 0.279 e. The molecule has 0 saturated carbocycles. The van der Waals surface area contributed by atoms with Gasteiger partial charge in [-0.3, -0.25) is 10.1 Å². The van der Waals surface area contributed by atoms with E-state index >= 15 is 0 Å². The van der Waals surface area contributed by atoms with Gasteiger partial charge in [0.25, 0.3) is 5.91 Å². The van der Waals surface area contributed by atoms with E-state index in [2.05, 4.69) is 15.5 Å². The Kier molecular flexibility index (Phi) is 3.76. The van der Waals surface area contributed by atoms with Crippen molar-refractivity contribution >= 4 is 44.2 Å². The van der Waals surface area contributed by atoms with Crippen LogP contribution >= 0.6 is 22.9 Å². The summed E-state index contributed by atoms with van der Waals surface area (Å²) in [5.41, 5.74) is 1.72. The number of nitrogens with zero attached hydrogens (tertiary/aromatic N) is 2. The number of carbonyl (C=O) groups is 1. The van der Waals surface area contributed by atoms with E-state index in [1.165, 1.54) is 11.3 Å². The van der Waals surface area contributed by atoms with E-state index in [9.17, 15) is 4.79 Å². The Balaban J connectivity index is 1.58. The minimum Gasteiger partial charge on any atom is -0.355 e. The monoisotopic (exact) mass is 355 g/mol. The van der Waals surface area contributed by atoms with Gasteiger partial charge in [-0.05, 0) is 12.1 Å². The number of hydrogen-bond acceptors (Lipinski definition) is 5.